The van der Waals surface area contributed by atoms with Crippen molar-refractivity contribution >= 4 is 0 Å². The highest BCUT2D eigenvalue weighted by Gasteiger charge is 2.12. The first-order chi connectivity index (χ1) is 8.70. The predicted octanol–water partition coefficient (Wildman–Crippen LogP) is 4.25. The van der Waals surface area contributed by atoms with Crippen molar-refractivity contribution < 1.29 is 4.42 Å². The monoisotopic (exact) mass is 243 g/mol. The van der Waals surface area contributed by atoms with Gasteiger partial charge >= 0.3 is 0 Å². The Morgan fingerprint density at radius 2 is 1.78 bits per heavy atom. The van der Waals surface area contributed by atoms with Crippen LogP contribution in [0.2, 0.25) is 0 Å². The van der Waals surface area contributed by atoms with Crippen LogP contribution in [-0.4, -0.2) is 0 Å². The fourth-order valence-electron chi connectivity index (χ4n) is 2.13. The van der Waals surface area contributed by atoms with Crippen molar-refractivity contribution in [2.75, 3.05) is 0 Å². The zero-order chi connectivity index (χ0) is 13.0. The van der Waals surface area contributed by atoms with E-state index in [-0.39, 0.29) is 6.04 Å². The lowest BCUT2D eigenvalue weighted by molar-refractivity contribution is 0.403. The Labute approximate surface area is 109 Å². The van der Waals surface area contributed by atoms with Gasteiger partial charge in [0, 0.05) is 6.04 Å². The molecule has 96 valence electrons. The van der Waals surface area contributed by atoms with Crippen molar-refractivity contribution in [3.05, 3.63) is 59.5 Å². The highest BCUT2D eigenvalue weighted by atomic mass is 16.3. The Morgan fingerprint density at radius 3 is 2.33 bits per heavy atom. The third-order valence-corrected chi connectivity index (χ3v) is 3.36. The number of hydrogen-bond acceptors (Lipinski definition) is 2. The fraction of sp³-hybridized carbons (Fsp3) is 0.375. The molecule has 0 amide bonds. The van der Waals surface area contributed by atoms with E-state index < -0.39 is 0 Å². The maximum Gasteiger partial charge on any atom is 0.120 e. The molecule has 0 saturated heterocycles. The molecule has 0 saturated carbocycles. The zero-order valence-corrected chi connectivity index (χ0v) is 11.3. The molecule has 0 fully saturated rings. The average Bonchev–Trinajstić information content (AvgIpc) is 2.92. The van der Waals surface area contributed by atoms with E-state index >= 15 is 0 Å². The Hall–Kier alpha value is -1.54. The minimum atomic E-state index is 0.223. The van der Waals surface area contributed by atoms with Crippen molar-refractivity contribution in [1.82, 2.24) is 5.32 Å². The third kappa shape index (κ3) is 3.02. The van der Waals surface area contributed by atoms with Crippen LogP contribution in [0.5, 0.6) is 0 Å². The zero-order valence-electron chi connectivity index (χ0n) is 11.3. The Kier molecular flexibility index (Phi) is 4.21. The summed E-state index contributed by atoms with van der Waals surface area (Å²) in [6.07, 6.45) is 2.80. The summed E-state index contributed by atoms with van der Waals surface area (Å²) in [5, 5.41) is 3.54. The van der Waals surface area contributed by atoms with Crippen LogP contribution in [0.15, 0.2) is 47.1 Å². The summed E-state index contributed by atoms with van der Waals surface area (Å²) in [6.45, 7) is 6.48. The molecule has 0 bridgehead atoms. The van der Waals surface area contributed by atoms with Gasteiger partial charge in [0.05, 0.1) is 12.3 Å². The lowest BCUT2D eigenvalue weighted by Crippen LogP contribution is -2.22. The Morgan fingerprint density at radius 1 is 1.06 bits per heavy atom. The van der Waals surface area contributed by atoms with Crippen LogP contribution in [0.25, 0.3) is 0 Å². The maximum absolute atomic E-state index is 5.41. The minimum Gasteiger partial charge on any atom is -0.468 e. The van der Waals surface area contributed by atoms with Crippen LogP contribution in [0.4, 0.5) is 0 Å². The van der Waals surface area contributed by atoms with Crippen molar-refractivity contribution in [3.8, 4) is 0 Å². The second kappa shape index (κ2) is 5.87. The molecule has 0 spiro atoms. The molecule has 2 rings (SSSR count). The summed E-state index contributed by atoms with van der Waals surface area (Å²) in [5.74, 6) is 0.979. The van der Waals surface area contributed by atoms with E-state index in [1.165, 1.54) is 11.1 Å². The maximum atomic E-state index is 5.41. The van der Waals surface area contributed by atoms with Gasteiger partial charge in [-0.3, -0.25) is 0 Å². The summed E-state index contributed by atoms with van der Waals surface area (Å²) in [4.78, 5) is 0. The average molecular weight is 243 g/mol. The van der Waals surface area contributed by atoms with Gasteiger partial charge in [-0.1, -0.05) is 31.2 Å². The molecule has 1 aromatic carbocycles. The van der Waals surface area contributed by atoms with Gasteiger partial charge in [0.2, 0.25) is 0 Å². The topological polar surface area (TPSA) is 25.2 Å². The molecule has 18 heavy (non-hydrogen) atoms. The first-order valence-corrected chi connectivity index (χ1v) is 6.59. The summed E-state index contributed by atoms with van der Waals surface area (Å²) in [7, 11) is 0. The van der Waals surface area contributed by atoms with E-state index in [1.54, 1.807) is 6.26 Å². The standard InChI is InChI=1S/C16H21NO/c1-4-14-7-9-15(10-8-14)12(2)17-13(3)16-6-5-11-18-16/h5-13,17H,4H2,1-3H3/t12?,13-/m1/s1. The van der Waals surface area contributed by atoms with E-state index in [2.05, 4.69) is 50.4 Å². The molecule has 1 N–H and O–H groups in total. The number of furan rings is 1. The molecule has 0 aliphatic rings. The van der Waals surface area contributed by atoms with Gasteiger partial charge in [0.1, 0.15) is 5.76 Å². The molecule has 0 aliphatic heterocycles. The van der Waals surface area contributed by atoms with Crippen molar-refractivity contribution in [3.63, 3.8) is 0 Å². The van der Waals surface area contributed by atoms with Crippen LogP contribution < -0.4 is 5.32 Å². The first-order valence-electron chi connectivity index (χ1n) is 6.59. The largest absolute Gasteiger partial charge is 0.468 e. The lowest BCUT2D eigenvalue weighted by atomic mass is 10.0. The van der Waals surface area contributed by atoms with E-state index in [1.807, 2.05) is 12.1 Å². The first kappa shape index (κ1) is 12.9. The number of benzene rings is 1. The molecule has 1 heterocycles. The van der Waals surface area contributed by atoms with E-state index in [9.17, 15) is 0 Å². The summed E-state index contributed by atoms with van der Waals surface area (Å²) in [6, 6.07) is 13.3. The fourth-order valence-corrected chi connectivity index (χ4v) is 2.13. The molecule has 2 heteroatoms. The second-order valence-corrected chi connectivity index (χ2v) is 4.72. The van der Waals surface area contributed by atoms with Gasteiger partial charge in [-0.15, -0.1) is 0 Å². The molecule has 1 unspecified atom stereocenters. The molecule has 2 nitrogen and oxygen atoms in total. The molecule has 0 aliphatic carbocycles. The van der Waals surface area contributed by atoms with Crippen LogP contribution in [0.1, 0.15) is 49.7 Å². The van der Waals surface area contributed by atoms with Gasteiger partial charge in [0.25, 0.3) is 0 Å². The highest BCUT2D eigenvalue weighted by Crippen LogP contribution is 2.20. The number of hydrogen-bond donors (Lipinski definition) is 1. The van der Waals surface area contributed by atoms with E-state index in [0.717, 1.165) is 12.2 Å². The summed E-state index contributed by atoms with van der Waals surface area (Å²) in [5.41, 5.74) is 2.69. The highest BCUT2D eigenvalue weighted by molar-refractivity contribution is 5.25. The number of aryl methyl sites for hydroxylation is 1. The molecule has 0 radical (unpaired) electrons. The SMILES string of the molecule is CCc1ccc(C(C)N[C@H](C)c2ccco2)cc1. The Balaban J connectivity index is 2.00. The Bertz CT molecular complexity index is 458. The van der Waals surface area contributed by atoms with Crippen molar-refractivity contribution in [1.29, 1.82) is 0 Å². The van der Waals surface area contributed by atoms with Crippen LogP contribution in [0, 0.1) is 0 Å². The molecular weight excluding hydrogens is 222 g/mol. The summed E-state index contributed by atoms with van der Waals surface area (Å²) >= 11 is 0. The van der Waals surface area contributed by atoms with Crippen molar-refractivity contribution in [2.24, 2.45) is 0 Å². The van der Waals surface area contributed by atoms with Crippen LogP contribution >= 0.6 is 0 Å². The normalized spacial score (nSPS) is 14.4. The number of nitrogens with one attached hydrogen (secondary N) is 1. The van der Waals surface area contributed by atoms with Crippen molar-refractivity contribution in [2.45, 2.75) is 39.3 Å². The molecule has 2 atom stereocenters. The van der Waals surface area contributed by atoms with Gasteiger partial charge in [0.15, 0.2) is 0 Å². The smallest absolute Gasteiger partial charge is 0.120 e. The minimum absolute atomic E-state index is 0.223. The van der Waals surface area contributed by atoms with Gasteiger partial charge in [-0.2, -0.15) is 0 Å². The van der Waals surface area contributed by atoms with Gasteiger partial charge in [-0.05, 0) is 43.5 Å². The van der Waals surface area contributed by atoms with Crippen LogP contribution in [-0.2, 0) is 6.42 Å². The molecular formula is C16H21NO. The second-order valence-electron chi connectivity index (χ2n) is 4.72. The van der Waals surface area contributed by atoms with Gasteiger partial charge < -0.3 is 9.73 Å². The quantitative estimate of drug-likeness (QED) is 0.849. The lowest BCUT2D eigenvalue weighted by Gasteiger charge is -2.19. The third-order valence-electron chi connectivity index (χ3n) is 3.36. The molecule has 1 aromatic heterocycles. The van der Waals surface area contributed by atoms with E-state index in [4.69, 9.17) is 4.42 Å². The van der Waals surface area contributed by atoms with E-state index in [0.29, 0.717) is 6.04 Å². The van der Waals surface area contributed by atoms with Gasteiger partial charge in [-0.25, -0.2) is 0 Å². The predicted molar refractivity (Wildman–Crippen MR) is 74.5 cm³/mol. The molecule has 2 aromatic rings. The summed E-state index contributed by atoms with van der Waals surface area (Å²) < 4.78 is 5.41. The van der Waals surface area contributed by atoms with Crippen LogP contribution in [0.3, 0.4) is 0 Å². The number of rotatable bonds is 5.